The van der Waals surface area contributed by atoms with E-state index in [-0.39, 0.29) is 0 Å². The summed E-state index contributed by atoms with van der Waals surface area (Å²) < 4.78 is 28.7. The summed E-state index contributed by atoms with van der Waals surface area (Å²) in [6.45, 7) is 2.60. The molecule has 0 bridgehead atoms. The summed E-state index contributed by atoms with van der Waals surface area (Å²) >= 11 is 3.48. The molecule has 2 aromatic rings. The van der Waals surface area contributed by atoms with E-state index in [4.69, 9.17) is 0 Å². The van der Waals surface area contributed by atoms with Crippen LogP contribution in [-0.4, -0.2) is 15.5 Å². The molecule has 0 radical (unpaired) electrons. The van der Waals surface area contributed by atoms with Crippen LogP contribution in [0.5, 0.6) is 0 Å². The molecule has 0 amide bonds. The topological polar surface area (TPSA) is 58.2 Å². The van der Waals surface area contributed by atoms with Crippen LogP contribution in [0.1, 0.15) is 10.4 Å². The molecule has 0 atom stereocenters. The quantitative estimate of drug-likeness (QED) is 0.728. The molecule has 108 valence electrons. The van der Waals surface area contributed by atoms with Crippen LogP contribution in [0, 0.1) is 10.5 Å². The van der Waals surface area contributed by atoms with E-state index < -0.39 is 10.0 Å². The fourth-order valence-electron chi connectivity index (χ4n) is 1.68. The van der Waals surface area contributed by atoms with Crippen molar-refractivity contribution in [2.45, 2.75) is 17.7 Å². The molecule has 0 saturated heterocycles. The minimum Gasteiger partial charge on any atom is -0.315 e. The third-order valence-electron chi connectivity index (χ3n) is 2.70. The number of thiophene rings is 1. The van der Waals surface area contributed by atoms with Crippen LogP contribution in [0.25, 0.3) is 0 Å². The van der Waals surface area contributed by atoms with Crippen molar-refractivity contribution in [1.82, 2.24) is 5.32 Å². The van der Waals surface area contributed by atoms with Crippen molar-refractivity contribution in [1.29, 1.82) is 0 Å². The minimum absolute atomic E-state index is 0.346. The Morgan fingerprint density at radius 1 is 1.25 bits per heavy atom. The lowest BCUT2D eigenvalue weighted by atomic mass is 10.3. The molecular weight excluding hydrogens is 407 g/mol. The average molecular weight is 422 g/mol. The van der Waals surface area contributed by atoms with E-state index in [2.05, 4.69) is 32.6 Å². The van der Waals surface area contributed by atoms with Gasteiger partial charge in [0.05, 0.1) is 0 Å². The summed E-state index contributed by atoms with van der Waals surface area (Å²) in [5, 5.41) is 3.04. The molecule has 0 fully saturated rings. The van der Waals surface area contributed by atoms with Crippen LogP contribution in [0.4, 0.5) is 5.69 Å². The van der Waals surface area contributed by atoms with E-state index in [1.165, 1.54) is 11.3 Å². The molecular formula is C13H15IN2O2S2. The van der Waals surface area contributed by atoms with Gasteiger partial charge in [-0.2, -0.15) is 0 Å². The van der Waals surface area contributed by atoms with Crippen LogP contribution in [0.2, 0.25) is 0 Å². The third-order valence-corrected chi connectivity index (χ3v) is 6.51. The highest BCUT2D eigenvalue weighted by atomic mass is 127. The summed E-state index contributed by atoms with van der Waals surface area (Å²) in [6, 6.07) is 8.96. The molecule has 1 aromatic heterocycles. The highest BCUT2D eigenvalue weighted by Crippen LogP contribution is 2.27. The van der Waals surface area contributed by atoms with Gasteiger partial charge in [0.1, 0.15) is 4.21 Å². The number of benzene rings is 1. The predicted octanol–water partition coefficient (Wildman–Crippen LogP) is 3.18. The Balaban J connectivity index is 2.26. The largest absolute Gasteiger partial charge is 0.315 e. The van der Waals surface area contributed by atoms with Crippen molar-refractivity contribution in [3.8, 4) is 0 Å². The number of hydrogen-bond acceptors (Lipinski definition) is 4. The molecule has 1 aromatic carbocycles. The van der Waals surface area contributed by atoms with E-state index in [0.717, 1.165) is 14.0 Å². The van der Waals surface area contributed by atoms with Gasteiger partial charge >= 0.3 is 0 Å². The zero-order chi connectivity index (χ0) is 14.8. The SMILES string of the molecule is CNCc1sc(S(=O)(=O)Nc2ccc(I)cc2)cc1C. The standard InChI is InChI=1S/C13H15IN2O2S2/c1-9-7-13(19-12(9)8-15-2)20(17,18)16-11-5-3-10(14)4-6-11/h3-7,15-16H,8H2,1-2H3. The van der Waals surface area contributed by atoms with Gasteiger partial charge in [0, 0.05) is 20.7 Å². The summed E-state index contributed by atoms with van der Waals surface area (Å²) in [5.41, 5.74) is 1.57. The first-order valence-corrected chi connectivity index (χ1v) is 9.32. The average Bonchev–Trinajstić information content (AvgIpc) is 2.75. The fourth-order valence-corrected chi connectivity index (χ4v) is 4.70. The molecule has 4 nitrogen and oxygen atoms in total. The molecule has 0 aliphatic rings. The normalized spacial score (nSPS) is 11.6. The van der Waals surface area contributed by atoms with Gasteiger partial charge in [-0.15, -0.1) is 11.3 Å². The summed E-state index contributed by atoms with van der Waals surface area (Å²) in [5.74, 6) is 0. The first kappa shape index (κ1) is 15.7. The van der Waals surface area contributed by atoms with E-state index in [1.54, 1.807) is 18.2 Å². The van der Waals surface area contributed by atoms with Crippen molar-refractivity contribution < 1.29 is 8.42 Å². The van der Waals surface area contributed by atoms with Gasteiger partial charge in [0.2, 0.25) is 0 Å². The first-order valence-electron chi connectivity index (χ1n) is 5.94. The van der Waals surface area contributed by atoms with Gasteiger partial charge in [0.15, 0.2) is 0 Å². The molecule has 20 heavy (non-hydrogen) atoms. The van der Waals surface area contributed by atoms with Gasteiger partial charge in [0.25, 0.3) is 10.0 Å². The molecule has 0 aliphatic heterocycles. The van der Waals surface area contributed by atoms with Crippen LogP contribution >= 0.6 is 33.9 Å². The molecule has 0 saturated carbocycles. The number of hydrogen-bond donors (Lipinski definition) is 2. The number of halogens is 1. The Kier molecular flexibility index (Phi) is 5.05. The monoisotopic (exact) mass is 422 g/mol. The molecule has 1 heterocycles. The number of nitrogens with one attached hydrogen (secondary N) is 2. The van der Waals surface area contributed by atoms with Crippen LogP contribution in [0.3, 0.4) is 0 Å². The number of sulfonamides is 1. The van der Waals surface area contributed by atoms with E-state index in [0.29, 0.717) is 16.4 Å². The van der Waals surface area contributed by atoms with Crippen molar-refractivity contribution in [2.24, 2.45) is 0 Å². The Labute approximate surface area is 136 Å². The summed E-state index contributed by atoms with van der Waals surface area (Å²) in [7, 11) is -1.66. The van der Waals surface area contributed by atoms with Gasteiger partial charge in [-0.05, 0) is 72.5 Å². The van der Waals surface area contributed by atoms with Crippen molar-refractivity contribution in [2.75, 3.05) is 11.8 Å². The maximum absolute atomic E-state index is 12.3. The van der Waals surface area contributed by atoms with Crippen molar-refractivity contribution in [3.05, 3.63) is 44.3 Å². The van der Waals surface area contributed by atoms with Crippen LogP contribution < -0.4 is 10.0 Å². The molecule has 7 heteroatoms. The second kappa shape index (κ2) is 6.42. The highest BCUT2D eigenvalue weighted by Gasteiger charge is 2.18. The molecule has 0 aliphatic carbocycles. The lowest BCUT2D eigenvalue weighted by Gasteiger charge is -2.06. The molecule has 2 N–H and O–H groups in total. The van der Waals surface area contributed by atoms with E-state index in [9.17, 15) is 8.42 Å². The number of rotatable bonds is 5. The van der Waals surface area contributed by atoms with E-state index >= 15 is 0 Å². The Morgan fingerprint density at radius 2 is 1.90 bits per heavy atom. The maximum atomic E-state index is 12.3. The van der Waals surface area contributed by atoms with Crippen molar-refractivity contribution in [3.63, 3.8) is 0 Å². The second-order valence-electron chi connectivity index (χ2n) is 4.31. The third kappa shape index (κ3) is 3.72. The fraction of sp³-hybridized carbons (Fsp3) is 0.231. The minimum atomic E-state index is -3.51. The van der Waals surface area contributed by atoms with Gasteiger partial charge in [-0.25, -0.2) is 8.42 Å². The first-order chi connectivity index (χ1) is 9.42. The Hall–Kier alpha value is -0.640. The summed E-state index contributed by atoms with van der Waals surface area (Å²) in [6.07, 6.45) is 0. The Morgan fingerprint density at radius 3 is 2.50 bits per heavy atom. The number of anilines is 1. The van der Waals surface area contributed by atoms with Crippen LogP contribution in [-0.2, 0) is 16.6 Å². The van der Waals surface area contributed by atoms with Gasteiger partial charge in [-0.3, -0.25) is 4.72 Å². The van der Waals surface area contributed by atoms with Gasteiger partial charge in [-0.1, -0.05) is 0 Å². The lowest BCUT2D eigenvalue weighted by Crippen LogP contribution is -2.11. The van der Waals surface area contributed by atoms with Gasteiger partial charge < -0.3 is 5.32 Å². The predicted molar refractivity (Wildman–Crippen MR) is 91.8 cm³/mol. The highest BCUT2D eigenvalue weighted by molar-refractivity contribution is 14.1. The smallest absolute Gasteiger partial charge is 0.271 e. The zero-order valence-electron chi connectivity index (χ0n) is 11.1. The number of aryl methyl sites for hydroxylation is 1. The summed E-state index contributed by atoms with van der Waals surface area (Å²) in [4.78, 5) is 1.04. The van der Waals surface area contributed by atoms with Crippen LogP contribution in [0.15, 0.2) is 34.5 Å². The lowest BCUT2D eigenvalue weighted by molar-refractivity contribution is 0.603. The maximum Gasteiger partial charge on any atom is 0.271 e. The van der Waals surface area contributed by atoms with E-state index in [1.807, 2.05) is 26.1 Å². The molecule has 0 unspecified atom stereocenters. The van der Waals surface area contributed by atoms with Crippen molar-refractivity contribution >= 4 is 49.6 Å². The second-order valence-corrected chi connectivity index (χ2v) is 8.61. The Bertz CT molecular complexity index is 694. The zero-order valence-corrected chi connectivity index (χ0v) is 14.9. The molecule has 0 spiro atoms. The molecule has 2 rings (SSSR count).